The molecule has 1 fully saturated rings. The predicted molar refractivity (Wildman–Crippen MR) is 95.1 cm³/mol. The summed E-state index contributed by atoms with van der Waals surface area (Å²) >= 11 is 0. The summed E-state index contributed by atoms with van der Waals surface area (Å²) in [6.45, 7) is 1.81. The Kier molecular flexibility index (Phi) is 6.44. The molecule has 2 aromatic carbocycles. The Morgan fingerprint density at radius 3 is 2.22 bits per heavy atom. The Morgan fingerprint density at radius 2 is 1.57 bits per heavy atom. The summed E-state index contributed by atoms with van der Waals surface area (Å²) in [5.74, 6) is 0. The third kappa shape index (κ3) is 4.98. The molecule has 0 unspecified atom stereocenters. The van der Waals surface area contributed by atoms with Gasteiger partial charge in [-0.3, -0.25) is 5.32 Å². The van der Waals surface area contributed by atoms with E-state index in [1.807, 2.05) is 42.5 Å². The van der Waals surface area contributed by atoms with Gasteiger partial charge in [0.1, 0.15) is 6.10 Å². The zero-order valence-corrected chi connectivity index (χ0v) is 13.6. The molecule has 3 rings (SSSR count). The molecule has 0 bridgehead atoms. The van der Waals surface area contributed by atoms with E-state index in [2.05, 4.69) is 22.8 Å². The molecule has 0 aromatic heterocycles. The largest absolute Gasteiger partial charge is 0.446 e. The number of carbonyl (C=O) groups excluding carboxylic acids is 1. The summed E-state index contributed by atoms with van der Waals surface area (Å²) in [5.41, 5.74) is 3.03. The number of amides is 1. The molecule has 1 aliphatic heterocycles. The second-order valence-corrected chi connectivity index (χ2v) is 5.42. The van der Waals surface area contributed by atoms with Crippen LogP contribution in [0.5, 0.6) is 0 Å². The quantitative estimate of drug-likeness (QED) is 0.890. The van der Waals surface area contributed by atoms with Crippen LogP contribution >= 0.6 is 12.4 Å². The van der Waals surface area contributed by atoms with Gasteiger partial charge in [-0.2, -0.15) is 0 Å². The van der Waals surface area contributed by atoms with Gasteiger partial charge in [-0.25, -0.2) is 4.79 Å². The van der Waals surface area contributed by atoms with Crippen molar-refractivity contribution in [3.05, 3.63) is 54.6 Å². The third-order valence-corrected chi connectivity index (χ3v) is 3.80. The molecule has 23 heavy (non-hydrogen) atoms. The highest BCUT2D eigenvalue weighted by molar-refractivity contribution is 5.85. The molecule has 0 radical (unpaired) electrons. The minimum Gasteiger partial charge on any atom is -0.446 e. The van der Waals surface area contributed by atoms with E-state index in [4.69, 9.17) is 4.74 Å². The second-order valence-electron chi connectivity index (χ2n) is 5.42. The van der Waals surface area contributed by atoms with Gasteiger partial charge in [0.15, 0.2) is 0 Å². The van der Waals surface area contributed by atoms with Crippen molar-refractivity contribution in [3.8, 4) is 11.1 Å². The van der Waals surface area contributed by atoms with Crippen LogP contribution in [0.15, 0.2) is 54.6 Å². The van der Waals surface area contributed by atoms with Crippen LogP contribution in [0.4, 0.5) is 10.5 Å². The Balaban J connectivity index is 0.00000192. The molecule has 1 heterocycles. The van der Waals surface area contributed by atoms with Gasteiger partial charge in [0.05, 0.1) is 0 Å². The fourth-order valence-corrected chi connectivity index (χ4v) is 2.59. The van der Waals surface area contributed by atoms with E-state index in [1.165, 1.54) is 0 Å². The highest BCUT2D eigenvalue weighted by Gasteiger charge is 2.17. The molecule has 2 N–H and O–H groups in total. The van der Waals surface area contributed by atoms with E-state index in [1.54, 1.807) is 0 Å². The molecule has 1 amide bonds. The van der Waals surface area contributed by atoms with E-state index >= 15 is 0 Å². The van der Waals surface area contributed by atoms with E-state index in [-0.39, 0.29) is 24.6 Å². The first-order valence-corrected chi connectivity index (χ1v) is 7.65. The first-order chi connectivity index (χ1) is 10.8. The van der Waals surface area contributed by atoms with Gasteiger partial charge in [-0.1, -0.05) is 42.5 Å². The normalized spacial score (nSPS) is 14.6. The standard InChI is InChI=1S/C18H20N2O2.ClH/c21-18(22-17-10-12-19-13-11-17)20-16-8-6-15(7-9-16)14-4-2-1-3-5-14;/h1-9,17,19H,10-13H2,(H,20,21);1H. The summed E-state index contributed by atoms with van der Waals surface area (Å²) < 4.78 is 5.42. The number of ether oxygens (including phenoxy) is 1. The molecule has 0 saturated carbocycles. The van der Waals surface area contributed by atoms with Gasteiger partial charge in [-0.05, 0) is 49.2 Å². The van der Waals surface area contributed by atoms with Crippen molar-refractivity contribution in [2.75, 3.05) is 18.4 Å². The Bertz CT molecular complexity index is 611. The maximum atomic E-state index is 11.9. The van der Waals surface area contributed by atoms with Crippen molar-refractivity contribution in [2.24, 2.45) is 0 Å². The van der Waals surface area contributed by atoms with Crippen LogP contribution in [0.2, 0.25) is 0 Å². The Morgan fingerprint density at radius 1 is 0.957 bits per heavy atom. The first-order valence-electron chi connectivity index (χ1n) is 7.65. The lowest BCUT2D eigenvalue weighted by atomic mass is 10.1. The lowest BCUT2D eigenvalue weighted by Gasteiger charge is -2.22. The molecule has 0 spiro atoms. The molecule has 2 aromatic rings. The number of benzene rings is 2. The summed E-state index contributed by atoms with van der Waals surface area (Å²) in [7, 11) is 0. The van der Waals surface area contributed by atoms with Crippen LogP contribution in [0.3, 0.4) is 0 Å². The number of carbonyl (C=O) groups is 1. The van der Waals surface area contributed by atoms with E-state index < -0.39 is 0 Å². The van der Waals surface area contributed by atoms with Gasteiger partial charge in [0.2, 0.25) is 0 Å². The number of hydrogen-bond donors (Lipinski definition) is 2. The zero-order chi connectivity index (χ0) is 15.2. The summed E-state index contributed by atoms with van der Waals surface area (Å²) in [6, 6.07) is 17.9. The number of halogens is 1. The van der Waals surface area contributed by atoms with Crippen LogP contribution in [-0.4, -0.2) is 25.3 Å². The predicted octanol–water partition coefficient (Wildman–Crippen LogP) is 4.08. The van der Waals surface area contributed by atoms with Crippen LogP contribution in [0.25, 0.3) is 11.1 Å². The topological polar surface area (TPSA) is 50.4 Å². The molecule has 1 saturated heterocycles. The fourth-order valence-electron chi connectivity index (χ4n) is 2.59. The van der Waals surface area contributed by atoms with Gasteiger partial charge < -0.3 is 10.1 Å². The lowest BCUT2D eigenvalue weighted by Crippen LogP contribution is -2.34. The average molecular weight is 333 g/mol. The third-order valence-electron chi connectivity index (χ3n) is 3.80. The SMILES string of the molecule is Cl.O=C(Nc1ccc(-c2ccccc2)cc1)OC1CCNCC1. The summed E-state index contributed by atoms with van der Waals surface area (Å²) in [6.07, 6.45) is 1.39. The van der Waals surface area contributed by atoms with Crippen LogP contribution < -0.4 is 10.6 Å². The number of hydrogen-bond acceptors (Lipinski definition) is 3. The van der Waals surface area contributed by atoms with Crippen LogP contribution in [0.1, 0.15) is 12.8 Å². The monoisotopic (exact) mass is 332 g/mol. The highest BCUT2D eigenvalue weighted by Crippen LogP contribution is 2.21. The van der Waals surface area contributed by atoms with E-state index in [0.717, 1.165) is 42.7 Å². The minimum absolute atomic E-state index is 0. The van der Waals surface area contributed by atoms with Crippen LogP contribution in [0, 0.1) is 0 Å². The maximum Gasteiger partial charge on any atom is 0.411 e. The van der Waals surface area contributed by atoms with Gasteiger partial charge in [-0.15, -0.1) is 12.4 Å². The number of nitrogens with one attached hydrogen (secondary N) is 2. The molecule has 122 valence electrons. The van der Waals surface area contributed by atoms with Crippen molar-refractivity contribution in [1.29, 1.82) is 0 Å². The summed E-state index contributed by atoms with van der Waals surface area (Å²) in [5, 5.41) is 6.03. The zero-order valence-electron chi connectivity index (χ0n) is 12.8. The lowest BCUT2D eigenvalue weighted by molar-refractivity contribution is 0.0909. The molecule has 4 nitrogen and oxygen atoms in total. The Hall–Kier alpha value is -2.04. The van der Waals surface area contributed by atoms with Crippen LogP contribution in [-0.2, 0) is 4.74 Å². The van der Waals surface area contributed by atoms with E-state index in [9.17, 15) is 4.79 Å². The Labute approximate surface area is 142 Å². The number of rotatable bonds is 3. The van der Waals surface area contributed by atoms with Gasteiger partial charge >= 0.3 is 6.09 Å². The van der Waals surface area contributed by atoms with Gasteiger partial charge in [0, 0.05) is 5.69 Å². The number of anilines is 1. The smallest absolute Gasteiger partial charge is 0.411 e. The molecule has 5 heteroatoms. The van der Waals surface area contributed by atoms with Crippen molar-refractivity contribution >= 4 is 24.2 Å². The molecule has 0 aliphatic carbocycles. The molecule has 0 atom stereocenters. The second kappa shape index (κ2) is 8.56. The van der Waals surface area contributed by atoms with Crippen molar-refractivity contribution in [2.45, 2.75) is 18.9 Å². The number of piperidine rings is 1. The van der Waals surface area contributed by atoms with Gasteiger partial charge in [0.25, 0.3) is 0 Å². The fraction of sp³-hybridized carbons (Fsp3) is 0.278. The summed E-state index contributed by atoms with van der Waals surface area (Å²) in [4.78, 5) is 11.9. The first kappa shape index (κ1) is 17.3. The average Bonchev–Trinajstić information content (AvgIpc) is 2.57. The van der Waals surface area contributed by atoms with Crippen molar-refractivity contribution in [1.82, 2.24) is 5.32 Å². The van der Waals surface area contributed by atoms with E-state index in [0.29, 0.717) is 0 Å². The molecular formula is C18H21ClN2O2. The molecular weight excluding hydrogens is 312 g/mol. The maximum absolute atomic E-state index is 11.9. The molecule has 1 aliphatic rings. The van der Waals surface area contributed by atoms with Crippen molar-refractivity contribution in [3.63, 3.8) is 0 Å². The van der Waals surface area contributed by atoms with Crippen molar-refractivity contribution < 1.29 is 9.53 Å². The highest BCUT2D eigenvalue weighted by atomic mass is 35.5. The minimum atomic E-state index is -0.376.